The van der Waals surface area contributed by atoms with E-state index in [1.54, 1.807) is 6.07 Å². The lowest BCUT2D eigenvalue weighted by Gasteiger charge is -2.47. The summed E-state index contributed by atoms with van der Waals surface area (Å²) >= 11 is 0. The molecule has 1 N–H and O–H groups in total. The van der Waals surface area contributed by atoms with Crippen LogP contribution >= 0.6 is 0 Å². The van der Waals surface area contributed by atoms with E-state index in [1.807, 2.05) is 37.8 Å². The predicted molar refractivity (Wildman–Crippen MR) is 101 cm³/mol. The molecule has 0 radical (unpaired) electrons. The van der Waals surface area contributed by atoms with Crippen LogP contribution in [0.2, 0.25) is 0 Å². The summed E-state index contributed by atoms with van der Waals surface area (Å²) in [6.07, 6.45) is 3.52. The third-order valence-electron chi connectivity index (χ3n) is 5.11. The van der Waals surface area contributed by atoms with E-state index >= 15 is 0 Å². The van der Waals surface area contributed by atoms with Crippen LogP contribution in [0.25, 0.3) is 0 Å². The van der Waals surface area contributed by atoms with Crippen molar-refractivity contribution in [1.29, 1.82) is 0 Å². The predicted octanol–water partition coefficient (Wildman–Crippen LogP) is 4.92. The van der Waals surface area contributed by atoms with Gasteiger partial charge in [0.25, 0.3) is 0 Å². The number of phenols is 1. The number of piperidine rings is 1. The molecule has 1 atom stereocenters. The number of carbonyl (C=O) groups is 1. The van der Waals surface area contributed by atoms with E-state index in [0.29, 0.717) is 5.75 Å². The molecule has 4 nitrogen and oxygen atoms in total. The second-order valence-corrected chi connectivity index (χ2v) is 8.79. The van der Waals surface area contributed by atoms with Gasteiger partial charge in [0.1, 0.15) is 11.4 Å². The van der Waals surface area contributed by atoms with Gasteiger partial charge in [-0.1, -0.05) is 26.8 Å². The molecule has 0 bridgehead atoms. The van der Waals surface area contributed by atoms with Crippen LogP contribution in [0.3, 0.4) is 0 Å². The van der Waals surface area contributed by atoms with Gasteiger partial charge in [0, 0.05) is 12.6 Å². The van der Waals surface area contributed by atoms with Crippen LogP contribution in [-0.2, 0) is 17.6 Å². The molecule has 2 rings (SSSR count). The van der Waals surface area contributed by atoms with E-state index in [9.17, 15) is 9.90 Å². The Morgan fingerprint density at radius 3 is 2.60 bits per heavy atom. The summed E-state index contributed by atoms with van der Waals surface area (Å²) in [7, 11) is 0. The highest BCUT2D eigenvalue weighted by Gasteiger charge is 2.41. The van der Waals surface area contributed by atoms with Gasteiger partial charge in [0.15, 0.2) is 0 Å². The maximum atomic E-state index is 12.8. The molecule has 1 aromatic carbocycles. The van der Waals surface area contributed by atoms with Gasteiger partial charge in [-0.3, -0.25) is 0 Å². The minimum absolute atomic E-state index is 0.0258. The molecule has 1 fully saturated rings. The topological polar surface area (TPSA) is 49.8 Å². The first-order chi connectivity index (χ1) is 11.5. The summed E-state index contributed by atoms with van der Waals surface area (Å²) in [6.45, 7) is 13.0. The Morgan fingerprint density at radius 1 is 1.32 bits per heavy atom. The maximum Gasteiger partial charge on any atom is 0.410 e. The lowest BCUT2D eigenvalue weighted by molar-refractivity contribution is -0.0154. The Bertz CT molecular complexity index is 616. The van der Waals surface area contributed by atoms with Crippen molar-refractivity contribution in [3.63, 3.8) is 0 Å². The molecule has 1 unspecified atom stereocenters. The number of amides is 1. The molecule has 1 saturated heterocycles. The monoisotopic (exact) mass is 347 g/mol. The van der Waals surface area contributed by atoms with Crippen molar-refractivity contribution in [2.24, 2.45) is 5.41 Å². The largest absolute Gasteiger partial charge is 0.508 e. The van der Waals surface area contributed by atoms with E-state index in [-0.39, 0.29) is 17.6 Å². The zero-order chi connectivity index (χ0) is 18.8. The average molecular weight is 347 g/mol. The number of hydrogen-bond donors (Lipinski definition) is 1. The van der Waals surface area contributed by atoms with Crippen LogP contribution < -0.4 is 0 Å². The van der Waals surface area contributed by atoms with E-state index in [4.69, 9.17) is 4.74 Å². The van der Waals surface area contributed by atoms with Gasteiger partial charge in [0.2, 0.25) is 0 Å². The molecule has 0 aliphatic carbocycles. The first kappa shape index (κ1) is 19.6. The Morgan fingerprint density at radius 2 is 2.00 bits per heavy atom. The van der Waals surface area contributed by atoms with Crippen LogP contribution in [0.4, 0.5) is 4.79 Å². The number of phenolic OH excluding ortho intramolecular Hbond substituents is 1. The number of likely N-dealkylation sites (tertiary alicyclic amines) is 1. The Balaban J connectivity index is 2.30. The molecule has 1 heterocycles. The van der Waals surface area contributed by atoms with Crippen molar-refractivity contribution < 1.29 is 14.6 Å². The lowest BCUT2D eigenvalue weighted by Crippen LogP contribution is -2.54. The molecule has 0 spiro atoms. The zero-order valence-electron chi connectivity index (χ0n) is 16.6. The second-order valence-electron chi connectivity index (χ2n) is 8.79. The smallest absolute Gasteiger partial charge is 0.410 e. The van der Waals surface area contributed by atoms with E-state index in [2.05, 4.69) is 20.8 Å². The summed E-state index contributed by atoms with van der Waals surface area (Å²) in [4.78, 5) is 14.7. The minimum Gasteiger partial charge on any atom is -0.508 e. The second kappa shape index (κ2) is 7.27. The van der Waals surface area contributed by atoms with Crippen molar-refractivity contribution in [2.75, 3.05) is 6.54 Å². The number of benzene rings is 1. The number of nitrogens with zero attached hydrogens (tertiary/aromatic N) is 1. The number of aromatic hydroxyl groups is 1. The van der Waals surface area contributed by atoms with Crippen molar-refractivity contribution in [3.05, 3.63) is 29.3 Å². The highest BCUT2D eigenvalue weighted by molar-refractivity contribution is 5.69. The molecular weight excluding hydrogens is 314 g/mol. The number of ether oxygens (including phenoxy) is 1. The molecule has 1 aromatic rings. The van der Waals surface area contributed by atoms with E-state index in [0.717, 1.165) is 37.8 Å². The molecule has 4 heteroatoms. The van der Waals surface area contributed by atoms with Crippen LogP contribution in [0.1, 0.15) is 65.5 Å². The van der Waals surface area contributed by atoms with E-state index < -0.39 is 5.60 Å². The molecular formula is C21H33NO3. The maximum absolute atomic E-state index is 12.8. The van der Waals surface area contributed by atoms with Crippen LogP contribution in [-0.4, -0.2) is 34.3 Å². The Kier molecular flexibility index (Phi) is 5.70. The van der Waals surface area contributed by atoms with Crippen molar-refractivity contribution in [2.45, 2.75) is 78.9 Å². The standard InChI is InChI=1S/C21H33NO3/c1-7-15-13-17(23)10-9-16(15)14-18-21(5,6)11-8-12-22(18)19(24)25-20(2,3)4/h9-10,13,18,23H,7-8,11-12,14H2,1-6H3. The normalized spacial score (nSPS) is 20.4. The van der Waals surface area contributed by atoms with Crippen LogP contribution in [0, 0.1) is 5.41 Å². The first-order valence-electron chi connectivity index (χ1n) is 9.34. The summed E-state index contributed by atoms with van der Waals surface area (Å²) < 4.78 is 5.66. The van der Waals surface area contributed by atoms with Gasteiger partial charge < -0.3 is 14.7 Å². The highest BCUT2D eigenvalue weighted by Crippen LogP contribution is 2.38. The van der Waals surface area contributed by atoms with Gasteiger partial charge in [-0.25, -0.2) is 4.79 Å². The molecule has 25 heavy (non-hydrogen) atoms. The van der Waals surface area contributed by atoms with Gasteiger partial charge in [-0.2, -0.15) is 0 Å². The SMILES string of the molecule is CCc1cc(O)ccc1CC1N(C(=O)OC(C)(C)C)CCCC1(C)C. The van der Waals surface area contributed by atoms with Gasteiger partial charge in [0.05, 0.1) is 0 Å². The number of hydrogen-bond acceptors (Lipinski definition) is 3. The Hall–Kier alpha value is -1.71. The first-order valence-corrected chi connectivity index (χ1v) is 9.34. The summed E-state index contributed by atoms with van der Waals surface area (Å²) in [5.41, 5.74) is 1.88. The number of carbonyl (C=O) groups excluding carboxylic acids is 1. The van der Waals surface area contributed by atoms with E-state index in [1.165, 1.54) is 5.56 Å². The third kappa shape index (κ3) is 4.90. The minimum atomic E-state index is -0.490. The number of rotatable bonds is 3. The molecule has 1 aliphatic rings. The van der Waals surface area contributed by atoms with Gasteiger partial charge in [-0.05, 0) is 75.1 Å². The fourth-order valence-electron chi connectivity index (χ4n) is 3.72. The molecule has 0 aromatic heterocycles. The van der Waals surface area contributed by atoms with Crippen LogP contribution in [0.5, 0.6) is 5.75 Å². The fourth-order valence-corrected chi connectivity index (χ4v) is 3.72. The quantitative estimate of drug-likeness (QED) is 0.844. The fraction of sp³-hybridized carbons (Fsp3) is 0.667. The molecule has 1 aliphatic heterocycles. The van der Waals surface area contributed by atoms with Gasteiger partial charge >= 0.3 is 6.09 Å². The van der Waals surface area contributed by atoms with Gasteiger partial charge in [-0.15, -0.1) is 0 Å². The summed E-state index contributed by atoms with van der Waals surface area (Å²) in [6, 6.07) is 5.66. The zero-order valence-corrected chi connectivity index (χ0v) is 16.6. The van der Waals surface area contributed by atoms with Crippen molar-refractivity contribution >= 4 is 6.09 Å². The molecule has 140 valence electrons. The van der Waals surface area contributed by atoms with Crippen molar-refractivity contribution in [3.8, 4) is 5.75 Å². The van der Waals surface area contributed by atoms with Crippen molar-refractivity contribution in [1.82, 2.24) is 4.90 Å². The lowest BCUT2D eigenvalue weighted by atomic mass is 9.73. The average Bonchev–Trinajstić information content (AvgIpc) is 2.48. The Labute approximate surface area is 152 Å². The third-order valence-corrected chi connectivity index (χ3v) is 5.11. The summed E-state index contributed by atoms with van der Waals surface area (Å²) in [5, 5.41) is 9.76. The summed E-state index contributed by atoms with van der Waals surface area (Å²) in [5.74, 6) is 0.299. The number of aryl methyl sites for hydroxylation is 1. The highest BCUT2D eigenvalue weighted by atomic mass is 16.6. The van der Waals surface area contributed by atoms with Crippen LogP contribution in [0.15, 0.2) is 18.2 Å². The molecule has 1 amide bonds. The molecule has 0 saturated carbocycles.